The molecule has 1 aromatic carbocycles. The first-order valence-electron chi connectivity index (χ1n) is 4.58. The van der Waals surface area contributed by atoms with Gasteiger partial charge in [0.15, 0.2) is 5.78 Å². The molecule has 0 aromatic heterocycles. The average Bonchev–Trinajstić information content (AvgIpc) is 2.22. The Labute approximate surface area is 93.6 Å². The first-order valence-corrected chi connectivity index (χ1v) is 5.11. The summed E-state index contributed by atoms with van der Waals surface area (Å²) in [6.07, 6.45) is 3.04. The van der Waals surface area contributed by atoms with Gasteiger partial charge in [0.05, 0.1) is 5.88 Å². The number of alkyl halides is 1. The molecule has 3 heteroatoms. The molecule has 0 atom stereocenters. The topological polar surface area (TPSA) is 17.1 Å². The van der Waals surface area contributed by atoms with E-state index in [-0.39, 0.29) is 17.5 Å². The molecular weight excluding hydrogens is 215 g/mol. The minimum absolute atomic E-state index is 0.0321. The van der Waals surface area contributed by atoms with E-state index in [0.717, 1.165) is 5.56 Å². The third-order valence-electron chi connectivity index (χ3n) is 2.05. The van der Waals surface area contributed by atoms with Crippen molar-refractivity contribution in [1.29, 1.82) is 0 Å². The van der Waals surface area contributed by atoms with Crippen molar-refractivity contribution in [3.63, 3.8) is 0 Å². The Morgan fingerprint density at radius 3 is 2.40 bits per heavy atom. The highest BCUT2D eigenvalue weighted by atomic mass is 35.5. The Bertz CT molecular complexity index is 387. The largest absolute Gasteiger partial charge is 0.294 e. The van der Waals surface area contributed by atoms with Crippen molar-refractivity contribution in [2.45, 2.75) is 13.8 Å². The maximum atomic E-state index is 13.3. The summed E-state index contributed by atoms with van der Waals surface area (Å²) in [6, 6.07) is 3.39. The number of allylic oxidation sites excluding steroid dienone is 1. The van der Waals surface area contributed by atoms with E-state index in [1.54, 1.807) is 32.1 Å². The summed E-state index contributed by atoms with van der Waals surface area (Å²) >= 11 is 5.35. The van der Waals surface area contributed by atoms with Crippen LogP contribution < -0.4 is 0 Å². The number of hydrogen-bond donors (Lipinski definition) is 0. The average molecular weight is 227 g/mol. The summed E-state index contributed by atoms with van der Waals surface area (Å²) in [5, 5.41) is 0. The maximum Gasteiger partial charge on any atom is 0.170 e. The first-order chi connectivity index (χ1) is 7.04. The molecule has 15 heavy (non-hydrogen) atoms. The van der Waals surface area contributed by atoms with Gasteiger partial charge in [-0.05, 0) is 48.7 Å². The predicted octanol–water partition coefficient (Wildman–Crippen LogP) is 3.26. The molecule has 0 spiro atoms. The van der Waals surface area contributed by atoms with E-state index in [4.69, 9.17) is 11.6 Å². The van der Waals surface area contributed by atoms with Gasteiger partial charge in [0.25, 0.3) is 0 Å². The molecule has 0 unspecified atom stereocenters. The van der Waals surface area contributed by atoms with Gasteiger partial charge in [-0.1, -0.05) is 6.08 Å². The summed E-state index contributed by atoms with van der Waals surface area (Å²) < 4.78 is 13.3. The van der Waals surface area contributed by atoms with Crippen LogP contribution in [0.1, 0.15) is 16.7 Å². The molecule has 0 aliphatic carbocycles. The van der Waals surface area contributed by atoms with Gasteiger partial charge in [-0.3, -0.25) is 4.79 Å². The normalized spacial score (nSPS) is 10.9. The van der Waals surface area contributed by atoms with Crippen LogP contribution in [0, 0.1) is 19.7 Å². The molecular formula is C12H12ClFO. The molecule has 0 radical (unpaired) electrons. The number of benzene rings is 1. The minimum atomic E-state index is -0.198. The molecule has 1 aromatic rings. The van der Waals surface area contributed by atoms with Gasteiger partial charge in [0, 0.05) is 0 Å². The fourth-order valence-corrected chi connectivity index (χ4v) is 1.40. The smallest absolute Gasteiger partial charge is 0.170 e. The second-order valence-corrected chi connectivity index (χ2v) is 3.67. The highest BCUT2D eigenvalue weighted by molar-refractivity contribution is 6.29. The molecule has 0 fully saturated rings. The third kappa shape index (κ3) is 3.17. The van der Waals surface area contributed by atoms with Crippen LogP contribution in [-0.4, -0.2) is 11.7 Å². The standard InChI is InChI=1S/C12H12ClFO/c1-8-5-10(3-4-11(15)7-13)6-9(2)12(8)14/h3-6H,7H2,1-2H3/b4-3+. The van der Waals surface area contributed by atoms with Crippen molar-refractivity contribution in [2.75, 3.05) is 5.88 Å². The molecule has 1 rings (SSSR count). The number of rotatable bonds is 3. The van der Waals surface area contributed by atoms with Gasteiger partial charge in [0.2, 0.25) is 0 Å². The Hall–Kier alpha value is -1.15. The first kappa shape index (κ1) is 11.9. The Morgan fingerprint density at radius 1 is 1.40 bits per heavy atom. The van der Waals surface area contributed by atoms with Gasteiger partial charge in [-0.25, -0.2) is 4.39 Å². The van der Waals surface area contributed by atoms with Crippen LogP contribution in [0.25, 0.3) is 6.08 Å². The molecule has 0 aliphatic rings. The van der Waals surface area contributed by atoms with Crippen molar-refractivity contribution in [2.24, 2.45) is 0 Å². The molecule has 1 nitrogen and oxygen atoms in total. The third-order valence-corrected chi connectivity index (χ3v) is 2.32. The Morgan fingerprint density at radius 2 is 1.93 bits per heavy atom. The maximum absolute atomic E-state index is 13.3. The van der Waals surface area contributed by atoms with E-state index < -0.39 is 0 Å². The summed E-state index contributed by atoms with van der Waals surface area (Å²) in [6.45, 7) is 3.39. The van der Waals surface area contributed by atoms with E-state index in [2.05, 4.69) is 0 Å². The molecule has 0 heterocycles. The van der Waals surface area contributed by atoms with E-state index in [1.165, 1.54) is 6.08 Å². The zero-order chi connectivity index (χ0) is 11.4. The lowest BCUT2D eigenvalue weighted by atomic mass is 10.1. The van der Waals surface area contributed by atoms with Gasteiger partial charge >= 0.3 is 0 Å². The van der Waals surface area contributed by atoms with Crippen molar-refractivity contribution in [1.82, 2.24) is 0 Å². The fraction of sp³-hybridized carbons (Fsp3) is 0.250. The number of carbonyl (C=O) groups excluding carboxylic acids is 1. The van der Waals surface area contributed by atoms with Crippen LogP contribution in [0.4, 0.5) is 4.39 Å². The zero-order valence-electron chi connectivity index (χ0n) is 8.68. The van der Waals surface area contributed by atoms with Crippen LogP contribution in [-0.2, 0) is 4.79 Å². The quantitative estimate of drug-likeness (QED) is 0.571. The lowest BCUT2D eigenvalue weighted by molar-refractivity contribution is -0.112. The van der Waals surface area contributed by atoms with Crippen molar-refractivity contribution in [3.8, 4) is 0 Å². The molecule has 0 saturated heterocycles. The summed E-state index contributed by atoms with van der Waals surface area (Å²) in [7, 11) is 0. The van der Waals surface area contributed by atoms with Crippen LogP contribution >= 0.6 is 11.6 Å². The number of ketones is 1. The number of hydrogen-bond acceptors (Lipinski definition) is 1. The van der Waals surface area contributed by atoms with Gasteiger partial charge in [-0.2, -0.15) is 0 Å². The van der Waals surface area contributed by atoms with Crippen LogP contribution in [0.15, 0.2) is 18.2 Å². The van der Waals surface area contributed by atoms with Gasteiger partial charge < -0.3 is 0 Å². The summed E-state index contributed by atoms with van der Waals surface area (Å²) in [5.41, 5.74) is 1.96. The van der Waals surface area contributed by atoms with Crippen molar-refractivity contribution < 1.29 is 9.18 Å². The van der Waals surface area contributed by atoms with E-state index >= 15 is 0 Å². The molecule has 0 amide bonds. The summed E-state index contributed by atoms with van der Waals surface area (Å²) in [4.78, 5) is 10.9. The summed E-state index contributed by atoms with van der Waals surface area (Å²) in [5.74, 6) is -0.387. The van der Waals surface area contributed by atoms with Crippen LogP contribution in [0.5, 0.6) is 0 Å². The Kier molecular flexibility index (Phi) is 4.04. The molecule has 0 saturated carbocycles. The SMILES string of the molecule is Cc1cc(/C=C/C(=O)CCl)cc(C)c1F. The highest BCUT2D eigenvalue weighted by Gasteiger charge is 2.02. The van der Waals surface area contributed by atoms with Crippen molar-refractivity contribution in [3.05, 3.63) is 40.7 Å². The monoisotopic (exact) mass is 226 g/mol. The highest BCUT2D eigenvalue weighted by Crippen LogP contribution is 2.15. The number of halogens is 2. The van der Waals surface area contributed by atoms with Gasteiger partial charge in [0.1, 0.15) is 5.82 Å². The van der Waals surface area contributed by atoms with Crippen LogP contribution in [0.3, 0.4) is 0 Å². The Balaban J connectivity index is 2.97. The molecule has 0 bridgehead atoms. The zero-order valence-corrected chi connectivity index (χ0v) is 9.44. The minimum Gasteiger partial charge on any atom is -0.294 e. The molecule has 80 valence electrons. The van der Waals surface area contributed by atoms with E-state index in [0.29, 0.717) is 11.1 Å². The van der Waals surface area contributed by atoms with E-state index in [1.807, 2.05) is 0 Å². The fourth-order valence-electron chi connectivity index (χ4n) is 1.31. The van der Waals surface area contributed by atoms with Gasteiger partial charge in [-0.15, -0.1) is 11.6 Å². The lowest BCUT2D eigenvalue weighted by Crippen LogP contribution is -1.93. The predicted molar refractivity (Wildman–Crippen MR) is 60.6 cm³/mol. The second kappa shape index (κ2) is 5.08. The molecule has 0 N–H and O–H groups in total. The number of carbonyl (C=O) groups is 1. The number of aryl methyl sites for hydroxylation is 2. The second-order valence-electron chi connectivity index (χ2n) is 3.40. The van der Waals surface area contributed by atoms with Crippen LogP contribution in [0.2, 0.25) is 0 Å². The molecule has 0 aliphatic heterocycles. The lowest BCUT2D eigenvalue weighted by Gasteiger charge is -2.02. The van der Waals surface area contributed by atoms with E-state index in [9.17, 15) is 9.18 Å². The van der Waals surface area contributed by atoms with Crippen molar-refractivity contribution >= 4 is 23.5 Å².